The lowest BCUT2D eigenvalue weighted by molar-refractivity contribution is -0.235. The van der Waals surface area contributed by atoms with Gasteiger partial charge >= 0.3 is 18.1 Å². The number of primary amides is 1. The van der Waals surface area contributed by atoms with Gasteiger partial charge in [-0.2, -0.15) is 13.5 Å². The molecule has 1 aromatic rings. The Morgan fingerprint density at radius 2 is 1.68 bits per heavy atom. The van der Waals surface area contributed by atoms with E-state index in [0.717, 1.165) is 6.08 Å². The number of halogens is 2. The maximum Gasteiger partial charge on any atom is 0.407 e. The lowest BCUT2D eigenvalue weighted by Crippen LogP contribution is -2.71. The van der Waals surface area contributed by atoms with Crippen molar-refractivity contribution in [1.29, 1.82) is 0 Å². The first-order valence-corrected chi connectivity index (χ1v) is 26.4. The number of alkyl carbamates (subject to hydrolysis) is 1. The zero-order valence-corrected chi connectivity index (χ0v) is 45.7. The van der Waals surface area contributed by atoms with Crippen LogP contribution in [-0.2, 0) is 59.1 Å². The van der Waals surface area contributed by atoms with Gasteiger partial charge in [-0.05, 0) is 99.1 Å². The SMILES string of the molecule is CCCC1O[C@@H]2C[C@H]3[C@@H]4C[C@H](F)C5=CC(=O)C=C[C@]5(C)[C@@]4(F)[C@@H](O)C[C@]3(C)[C@]2(C(=O)COCCC(=O)CNC(=O)OCc2ccc(NC(=O)[C@H](CCCNC(N)=O)CC(=O)[C@@H](NC(=O)[C@@H](N)CCC(=O)O)C(C)C)cc2)O1.S. The molecule has 0 radical (unpaired) electrons. The van der Waals surface area contributed by atoms with Crippen LogP contribution >= 0.6 is 13.5 Å². The summed E-state index contributed by atoms with van der Waals surface area (Å²) in [7, 11) is 0. The van der Waals surface area contributed by atoms with E-state index in [2.05, 4.69) is 21.3 Å². The van der Waals surface area contributed by atoms with Gasteiger partial charge in [-0.25, -0.2) is 18.4 Å². The maximum atomic E-state index is 17.8. The molecule has 0 aromatic heterocycles. The summed E-state index contributed by atoms with van der Waals surface area (Å²) in [4.78, 5) is 114. The van der Waals surface area contributed by atoms with E-state index in [1.807, 2.05) is 6.92 Å². The van der Waals surface area contributed by atoms with Crippen molar-refractivity contribution in [3.63, 3.8) is 0 Å². The lowest BCUT2D eigenvalue weighted by atomic mass is 9.44. The van der Waals surface area contributed by atoms with Crippen molar-refractivity contribution in [2.75, 3.05) is 31.6 Å². The number of ether oxygens (including phenoxy) is 4. The van der Waals surface area contributed by atoms with Crippen LogP contribution in [-0.4, -0.2) is 138 Å². The molecule has 13 atom stereocenters. The van der Waals surface area contributed by atoms with Crippen molar-refractivity contribution in [1.82, 2.24) is 16.0 Å². The fourth-order valence-corrected chi connectivity index (χ4v) is 12.3. The quantitative estimate of drug-likeness (QED) is 0.0576. The molecule has 0 spiro atoms. The normalized spacial score (nSPS) is 29.7. The van der Waals surface area contributed by atoms with E-state index in [9.17, 15) is 48.3 Å². The number of carbonyl (C=O) groups is 9. The van der Waals surface area contributed by atoms with Gasteiger partial charge in [0.15, 0.2) is 40.7 Å². The topological polar surface area (TPSA) is 331 Å². The number of nitrogens with one attached hydrogen (secondary N) is 4. The predicted octanol–water partition coefficient (Wildman–Crippen LogP) is 4.07. The Labute approximate surface area is 458 Å². The summed E-state index contributed by atoms with van der Waals surface area (Å²) in [6.07, 6.45) is -1.92. The van der Waals surface area contributed by atoms with Gasteiger partial charge in [-0.15, -0.1) is 0 Å². The molecule has 5 amide bonds. The molecule has 24 heteroatoms. The molecule has 1 unspecified atom stereocenters. The van der Waals surface area contributed by atoms with Crippen molar-refractivity contribution < 1.29 is 81.1 Å². The standard InChI is InChI=1S/C54H74F2N6O15.H2S/c1-6-8-45-76-43-24-35-36-23-38(55)37-22-33(63)16-18-51(37,4)53(36,56)41(66)25-52(35,5)54(43,77-45)42(67)28-74-20-17-34(64)26-60-50(73)75-27-30-10-12-32(13-11-30)61-47(70)31(9-7-19-59-49(58)72)21-40(65)46(29(2)3)62-48(71)39(57)14-15-44(68)69;/h10-13,16,18,22,29,31,35-36,38-39,41,43,45-46,66H,6-9,14-15,17,19-21,23-28,57H2,1-5H3,(H,60,73)(H,61,70)(H,62,71)(H,68,69)(H3,58,59,72);1H2/t31-,35+,36+,38+,39+,41+,43-,45?,46+,51+,52+,53+,54-;/m1./s1. The molecule has 1 aliphatic heterocycles. The molecule has 6 rings (SSSR count). The number of fused-ring (bicyclic) bond motifs is 7. The van der Waals surface area contributed by atoms with Crippen molar-refractivity contribution in [3.8, 4) is 0 Å². The van der Waals surface area contributed by atoms with Crippen LogP contribution < -0.4 is 32.7 Å². The third-order valence-electron chi connectivity index (χ3n) is 16.3. The van der Waals surface area contributed by atoms with Crippen LogP contribution in [0.3, 0.4) is 0 Å². The predicted molar refractivity (Wildman–Crippen MR) is 282 cm³/mol. The summed E-state index contributed by atoms with van der Waals surface area (Å²) in [5, 5.41) is 31.0. The summed E-state index contributed by atoms with van der Waals surface area (Å²) in [5.74, 6) is -7.26. The fraction of sp³-hybridized carbons (Fsp3) is 0.648. The Balaban J connectivity index is 0.0000112. The summed E-state index contributed by atoms with van der Waals surface area (Å²) < 4.78 is 57.7. The minimum Gasteiger partial charge on any atom is -0.481 e. The van der Waals surface area contributed by atoms with Crippen LogP contribution in [0, 0.1) is 34.5 Å². The number of alkyl halides is 2. The van der Waals surface area contributed by atoms with Gasteiger partial charge < -0.3 is 61.9 Å². The van der Waals surface area contributed by atoms with E-state index in [0.29, 0.717) is 24.1 Å². The number of aliphatic carboxylic acids is 1. The molecule has 4 fully saturated rings. The molecule has 4 aliphatic carbocycles. The third-order valence-corrected chi connectivity index (χ3v) is 16.3. The molecular formula is C54H76F2N6O15S. The van der Waals surface area contributed by atoms with Gasteiger partial charge in [0.25, 0.3) is 0 Å². The number of ketones is 4. The van der Waals surface area contributed by atoms with E-state index < -0.39 is 149 Å². The highest BCUT2D eigenvalue weighted by Gasteiger charge is 2.80. The Morgan fingerprint density at radius 1 is 0.974 bits per heavy atom. The van der Waals surface area contributed by atoms with Crippen molar-refractivity contribution >= 4 is 72.2 Å². The Kier molecular flexibility index (Phi) is 21.5. The number of benzene rings is 1. The van der Waals surface area contributed by atoms with Gasteiger partial charge in [-0.3, -0.25) is 33.6 Å². The average Bonchev–Trinajstić information content (AvgIpc) is 3.86. The summed E-state index contributed by atoms with van der Waals surface area (Å²) in [6.45, 7) is 7.35. The summed E-state index contributed by atoms with van der Waals surface area (Å²) in [6, 6.07) is 3.29. The molecule has 1 aromatic carbocycles. The van der Waals surface area contributed by atoms with Crippen LogP contribution in [0.15, 0.2) is 48.1 Å². The number of Topliss-reactive ketones (excluding diaryl/α,β-unsaturated/α-hetero) is 3. The van der Waals surface area contributed by atoms with Crippen molar-refractivity contribution in [2.45, 2.75) is 160 Å². The van der Waals surface area contributed by atoms with E-state index in [-0.39, 0.29) is 96.6 Å². The number of allylic oxidation sites excluding steroid dienone is 4. The van der Waals surface area contributed by atoms with Gasteiger partial charge in [0.2, 0.25) is 11.8 Å². The maximum absolute atomic E-state index is 17.8. The zero-order valence-electron chi connectivity index (χ0n) is 44.7. The van der Waals surface area contributed by atoms with Crippen molar-refractivity contribution in [3.05, 3.63) is 53.6 Å². The van der Waals surface area contributed by atoms with E-state index in [4.69, 9.17) is 35.5 Å². The number of carboxylic acid groups (broad SMARTS) is 1. The Morgan fingerprint density at radius 3 is 2.33 bits per heavy atom. The Bertz CT molecular complexity index is 2480. The molecule has 0 bridgehead atoms. The second-order valence-electron chi connectivity index (χ2n) is 21.7. The number of carbonyl (C=O) groups excluding carboxylic acids is 8. The molecule has 78 heavy (non-hydrogen) atoms. The highest BCUT2D eigenvalue weighted by Crippen LogP contribution is 2.72. The van der Waals surface area contributed by atoms with E-state index in [1.165, 1.54) is 19.1 Å². The number of amides is 5. The number of aliphatic hydroxyl groups is 1. The molecule has 1 saturated heterocycles. The van der Waals surface area contributed by atoms with E-state index >= 15 is 8.78 Å². The molecule has 3 saturated carbocycles. The van der Waals surface area contributed by atoms with Gasteiger partial charge in [0.05, 0.1) is 37.4 Å². The van der Waals surface area contributed by atoms with Crippen LogP contribution in [0.4, 0.5) is 24.1 Å². The first-order valence-electron chi connectivity index (χ1n) is 26.4. The first kappa shape index (κ1) is 63.2. The van der Waals surface area contributed by atoms with Gasteiger partial charge in [-0.1, -0.05) is 52.3 Å². The number of carboxylic acids is 1. The zero-order chi connectivity index (χ0) is 56.6. The highest BCUT2D eigenvalue weighted by atomic mass is 32.1. The lowest BCUT2D eigenvalue weighted by Gasteiger charge is -2.63. The minimum atomic E-state index is -2.36. The smallest absolute Gasteiger partial charge is 0.407 e. The second-order valence-corrected chi connectivity index (χ2v) is 21.7. The van der Waals surface area contributed by atoms with Crippen LogP contribution in [0.5, 0.6) is 0 Å². The van der Waals surface area contributed by atoms with Crippen molar-refractivity contribution in [2.24, 2.45) is 46.0 Å². The van der Waals surface area contributed by atoms with E-state index in [1.54, 1.807) is 45.0 Å². The second kappa shape index (κ2) is 26.5. The number of aliphatic hydroxyl groups excluding tert-OH is 1. The molecule has 1 heterocycles. The highest BCUT2D eigenvalue weighted by molar-refractivity contribution is 7.59. The van der Waals surface area contributed by atoms with Crippen LogP contribution in [0.25, 0.3) is 0 Å². The monoisotopic (exact) mass is 1120 g/mol. The fourth-order valence-electron chi connectivity index (χ4n) is 12.3. The molecule has 10 N–H and O–H groups in total. The average molecular weight is 1120 g/mol. The molecule has 5 aliphatic rings. The Hall–Kier alpha value is -5.66. The number of hydrogen-bond donors (Lipinski definition) is 8. The number of nitrogens with two attached hydrogens (primary N) is 2. The molecule has 432 valence electrons. The number of hydrogen-bond acceptors (Lipinski definition) is 15. The minimum absolute atomic E-state index is 0. The first-order chi connectivity index (χ1) is 36.3. The largest absolute Gasteiger partial charge is 0.481 e. The third kappa shape index (κ3) is 13.5. The number of rotatable bonds is 27. The molecule has 21 nitrogen and oxygen atoms in total. The van der Waals surface area contributed by atoms with Gasteiger partial charge in [0.1, 0.15) is 19.4 Å². The van der Waals surface area contributed by atoms with Crippen LogP contribution in [0.2, 0.25) is 0 Å². The van der Waals surface area contributed by atoms with Crippen LogP contribution in [0.1, 0.15) is 111 Å². The molecular weight excluding hydrogens is 1040 g/mol. The van der Waals surface area contributed by atoms with Gasteiger partial charge in [0, 0.05) is 54.2 Å². The number of urea groups is 1. The summed E-state index contributed by atoms with van der Waals surface area (Å²) in [5.41, 5.74) is 5.02. The number of anilines is 1. The summed E-state index contributed by atoms with van der Waals surface area (Å²) >= 11 is 0.